The van der Waals surface area contributed by atoms with Gasteiger partial charge in [-0.15, -0.1) is 11.3 Å². The summed E-state index contributed by atoms with van der Waals surface area (Å²) in [6.07, 6.45) is 9.25. The predicted molar refractivity (Wildman–Crippen MR) is 162 cm³/mol. The Labute approximate surface area is 243 Å². The molecule has 0 fully saturated rings. The molecule has 0 saturated carbocycles. The van der Waals surface area contributed by atoms with Crippen LogP contribution in [0.15, 0.2) is 42.5 Å². The number of ether oxygens (including phenoxy) is 2. The van der Waals surface area contributed by atoms with Gasteiger partial charge < -0.3 is 14.4 Å². The summed E-state index contributed by atoms with van der Waals surface area (Å²) in [7, 11) is 3.68. The number of halogens is 1. The Morgan fingerprint density at radius 1 is 1.12 bits per heavy atom. The highest BCUT2D eigenvalue weighted by Crippen LogP contribution is 2.48. The molecule has 0 aliphatic heterocycles. The average molecular weight is 569 g/mol. The first-order chi connectivity index (χ1) is 19.3. The van der Waals surface area contributed by atoms with E-state index < -0.39 is 5.60 Å². The van der Waals surface area contributed by atoms with Gasteiger partial charge in [0, 0.05) is 26.0 Å². The number of fused-ring (bicyclic) bond motifs is 2. The number of hydrogen-bond acceptors (Lipinski definition) is 6. The second-order valence-corrected chi connectivity index (χ2v) is 12.8. The molecule has 1 aromatic heterocycles. The Morgan fingerprint density at radius 2 is 1.90 bits per heavy atom. The van der Waals surface area contributed by atoms with Crippen LogP contribution >= 0.6 is 11.3 Å². The largest absolute Gasteiger partial charge is 0.457 e. The number of rotatable bonds is 15. The fourth-order valence-electron chi connectivity index (χ4n) is 6.37. The zero-order valence-corrected chi connectivity index (χ0v) is 25.4. The minimum atomic E-state index is -0.622. The van der Waals surface area contributed by atoms with E-state index in [0.29, 0.717) is 12.8 Å². The number of aromatic nitrogens is 1. The molecule has 7 heteroatoms. The van der Waals surface area contributed by atoms with Gasteiger partial charge in [-0.1, -0.05) is 51.3 Å². The molecule has 0 radical (unpaired) electrons. The summed E-state index contributed by atoms with van der Waals surface area (Å²) < 4.78 is 26.6. The third-order valence-electron chi connectivity index (χ3n) is 8.26. The van der Waals surface area contributed by atoms with Crippen LogP contribution in [0.3, 0.4) is 0 Å². The molecule has 0 spiro atoms. The Hall–Kier alpha value is -2.35. The molecule has 0 saturated heterocycles. The fourth-order valence-corrected chi connectivity index (χ4v) is 7.38. The van der Waals surface area contributed by atoms with E-state index in [9.17, 15) is 9.18 Å². The lowest BCUT2D eigenvalue weighted by Crippen LogP contribution is -2.49. The van der Waals surface area contributed by atoms with Gasteiger partial charge in [-0.25, -0.2) is 14.2 Å². The first-order valence-corrected chi connectivity index (χ1v) is 15.6. The van der Waals surface area contributed by atoms with Crippen LogP contribution in [-0.4, -0.2) is 55.3 Å². The molecule has 4 rings (SSSR count). The summed E-state index contributed by atoms with van der Waals surface area (Å²) in [6, 6.07) is 13.4. The average Bonchev–Trinajstić information content (AvgIpc) is 3.34. The van der Waals surface area contributed by atoms with Crippen LogP contribution in [0.1, 0.15) is 80.8 Å². The van der Waals surface area contributed by atoms with Gasteiger partial charge in [0.2, 0.25) is 0 Å². The van der Waals surface area contributed by atoms with Crippen LogP contribution in [0, 0.1) is 11.7 Å². The molecule has 3 aromatic rings. The van der Waals surface area contributed by atoms with Crippen molar-refractivity contribution in [2.24, 2.45) is 5.92 Å². The van der Waals surface area contributed by atoms with Gasteiger partial charge in [-0.2, -0.15) is 0 Å². The quantitative estimate of drug-likeness (QED) is 0.140. The monoisotopic (exact) mass is 568 g/mol. The van der Waals surface area contributed by atoms with E-state index in [1.165, 1.54) is 48.6 Å². The van der Waals surface area contributed by atoms with E-state index in [-0.39, 0.29) is 30.2 Å². The van der Waals surface area contributed by atoms with Gasteiger partial charge in [0.05, 0.1) is 15.2 Å². The number of aryl methyl sites for hydroxylation is 2. The third kappa shape index (κ3) is 7.89. The molecule has 0 amide bonds. The Bertz CT molecular complexity index is 1210. The summed E-state index contributed by atoms with van der Waals surface area (Å²) >= 11 is 1.82. The Kier molecular flexibility index (Phi) is 11.1. The minimum absolute atomic E-state index is 0.0153. The smallest absolute Gasteiger partial charge is 0.332 e. The highest BCUT2D eigenvalue weighted by atomic mass is 32.1. The van der Waals surface area contributed by atoms with Gasteiger partial charge in [0.15, 0.2) is 0 Å². The van der Waals surface area contributed by atoms with Gasteiger partial charge in [0.1, 0.15) is 18.0 Å². The van der Waals surface area contributed by atoms with E-state index >= 15 is 0 Å². The lowest BCUT2D eigenvalue weighted by Gasteiger charge is -2.47. The first-order valence-electron chi connectivity index (χ1n) is 14.8. The molecule has 2 atom stereocenters. The number of hydrogen-bond donors (Lipinski definition) is 0. The molecule has 1 aliphatic rings. The van der Waals surface area contributed by atoms with Crippen LogP contribution in [0.2, 0.25) is 0 Å². The standard InChI is InChI=1S/C33H45FN2O3S/c1-24(2)32-27-16-15-26(34)22-25(27)17-18-33(32,39-31(37)23-38-4)19-21-36(3)20-11-7-5-6-8-14-30-35-28-12-9-10-13-29(28)40-30/h9-10,12-13,15-16,22,24,32H,5-8,11,14,17-21,23H2,1-4H3/t32-,33-/m0/s1. The summed E-state index contributed by atoms with van der Waals surface area (Å²) in [5.74, 6) is -0.275. The van der Waals surface area contributed by atoms with Crippen LogP contribution < -0.4 is 0 Å². The van der Waals surface area contributed by atoms with E-state index in [1.807, 2.05) is 17.4 Å². The lowest BCUT2D eigenvalue weighted by atomic mass is 9.65. The topological polar surface area (TPSA) is 51.7 Å². The summed E-state index contributed by atoms with van der Waals surface area (Å²) in [4.78, 5) is 19.8. The second kappa shape index (κ2) is 14.5. The van der Waals surface area contributed by atoms with Gasteiger partial charge in [0.25, 0.3) is 0 Å². The van der Waals surface area contributed by atoms with Crippen LogP contribution in [0.4, 0.5) is 4.39 Å². The van der Waals surface area contributed by atoms with Crippen LogP contribution in [-0.2, 0) is 27.1 Å². The van der Waals surface area contributed by atoms with Crippen molar-refractivity contribution < 1.29 is 18.7 Å². The number of para-hydroxylation sites is 1. The Balaban J connectivity index is 1.26. The predicted octanol–water partition coefficient (Wildman–Crippen LogP) is 7.56. The second-order valence-electron chi connectivity index (χ2n) is 11.7. The third-order valence-corrected chi connectivity index (χ3v) is 9.35. The first kappa shape index (κ1) is 30.6. The van der Waals surface area contributed by atoms with Crippen molar-refractivity contribution in [2.75, 3.05) is 33.9 Å². The van der Waals surface area contributed by atoms with E-state index in [2.05, 4.69) is 50.1 Å². The highest BCUT2D eigenvalue weighted by Gasteiger charge is 2.47. The van der Waals surface area contributed by atoms with Crippen molar-refractivity contribution in [3.05, 3.63) is 64.4 Å². The molecule has 2 aromatic carbocycles. The summed E-state index contributed by atoms with van der Waals surface area (Å²) in [5.41, 5.74) is 2.64. The zero-order chi connectivity index (χ0) is 28.5. The van der Waals surface area contributed by atoms with Crippen molar-refractivity contribution >= 4 is 27.5 Å². The van der Waals surface area contributed by atoms with Crippen molar-refractivity contribution in [3.8, 4) is 0 Å². The van der Waals surface area contributed by atoms with Crippen molar-refractivity contribution in [2.45, 2.75) is 83.2 Å². The maximum absolute atomic E-state index is 14.0. The highest BCUT2D eigenvalue weighted by molar-refractivity contribution is 7.18. The summed E-state index contributed by atoms with van der Waals surface area (Å²) in [6.45, 7) is 6.15. The minimum Gasteiger partial charge on any atom is -0.457 e. The number of methoxy groups -OCH3 is 1. The van der Waals surface area contributed by atoms with E-state index in [4.69, 9.17) is 14.5 Å². The molecule has 0 N–H and O–H groups in total. The molecule has 218 valence electrons. The lowest BCUT2D eigenvalue weighted by molar-refractivity contribution is -0.172. The molecule has 40 heavy (non-hydrogen) atoms. The summed E-state index contributed by atoms with van der Waals surface area (Å²) in [5, 5.41) is 1.25. The van der Waals surface area contributed by atoms with E-state index in [0.717, 1.165) is 49.0 Å². The SMILES string of the molecule is COCC(=O)O[C@]1(CCN(C)CCCCCCCc2nc3ccccc3s2)CCc2cc(F)ccc2[C@@H]1C(C)C. The van der Waals surface area contributed by atoms with Gasteiger partial charge >= 0.3 is 5.97 Å². The maximum Gasteiger partial charge on any atom is 0.332 e. The number of thiazole rings is 1. The number of esters is 1. The number of carbonyl (C=O) groups is 1. The van der Waals surface area contributed by atoms with Crippen molar-refractivity contribution in [1.82, 2.24) is 9.88 Å². The molecule has 1 heterocycles. The fraction of sp³-hybridized carbons (Fsp3) is 0.576. The number of benzene rings is 2. The molecule has 0 unspecified atom stereocenters. The molecule has 5 nitrogen and oxygen atoms in total. The van der Waals surface area contributed by atoms with Crippen molar-refractivity contribution in [3.63, 3.8) is 0 Å². The van der Waals surface area contributed by atoms with Crippen LogP contribution in [0.25, 0.3) is 10.2 Å². The number of unbranched alkanes of at least 4 members (excludes halogenated alkanes) is 4. The molecular formula is C33H45FN2O3S. The molecule has 1 aliphatic carbocycles. The molecular weight excluding hydrogens is 523 g/mol. The maximum atomic E-state index is 14.0. The molecule has 0 bridgehead atoms. The van der Waals surface area contributed by atoms with Gasteiger partial charge in [-0.3, -0.25) is 0 Å². The number of carbonyl (C=O) groups excluding carboxylic acids is 1. The van der Waals surface area contributed by atoms with E-state index in [1.54, 1.807) is 6.07 Å². The van der Waals surface area contributed by atoms with Crippen molar-refractivity contribution in [1.29, 1.82) is 0 Å². The van der Waals surface area contributed by atoms with Gasteiger partial charge in [-0.05, 0) is 87.0 Å². The Morgan fingerprint density at radius 3 is 2.67 bits per heavy atom. The number of nitrogens with zero attached hydrogens (tertiary/aromatic N) is 2. The zero-order valence-electron chi connectivity index (χ0n) is 24.6. The van der Waals surface area contributed by atoms with Crippen LogP contribution in [0.5, 0.6) is 0 Å². The normalized spacial score (nSPS) is 18.9.